The average Bonchev–Trinajstić information content (AvgIpc) is 3.02. The second-order valence-electron chi connectivity index (χ2n) is 13.5. The molecule has 0 aromatic carbocycles. The highest BCUT2D eigenvalue weighted by atomic mass is 16.5. The maximum Gasteiger partial charge on any atom is 0.305 e. The van der Waals surface area contributed by atoms with Crippen molar-refractivity contribution in [1.29, 1.82) is 0 Å². The highest BCUT2D eigenvalue weighted by Gasteiger charge is 2.04. The van der Waals surface area contributed by atoms with E-state index in [0.29, 0.717) is 26.1 Å². The Morgan fingerprint density at radius 1 is 0.295 bits per heavy atom. The lowest BCUT2D eigenvalue weighted by atomic mass is 10.0. The van der Waals surface area contributed by atoms with Gasteiger partial charge in [0.2, 0.25) is 0 Å². The topological polar surface area (TPSA) is 52.6 Å². The normalized spacial score (nSPS) is 11.2. The summed E-state index contributed by atoms with van der Waals surface area (Å²) in [6, 6.07) is 0. The van der Waals surface area contributed by atoms with Crippen molar-refractivity contribution < 1.29 is 19.1 Å². The predicted octanol–water partition coefficient (Wildman–Crippen LogP) is 13.4. The van der Waals surface area contributed by atoms with Crippen LogP contribution in [0.2, 0.25) is 0 Å². The number of carbonyl (C=O) groups is 2. The minimum atomic E-state index is 0.00765. The first-order valence-electron chi connectivity index (χ1n) is 20.0. The summed E-state index contributed by atoms with van der Waals surface area (Å²) in [5, 5.41) is 0. The molecule has 44 heavy (non-hydrogen) atoms. The van der Waals surface area contributed by atoms with E-state index in [-0.39, 0.29) is 11.9 Å². The molecule has 0 saturated heterocycles. The van der Waals surface area contributed by atoms with Gasteiger partial charge in [0.25, 0.3) is 0 Å². The van der Waals surface area contributed by atoms with Crippen LogP contribution in [0.25, 0.3) is 0 Å². The first-order chi connectivity index (χ1) is 21.7. The Labute approximate surface area is 276 Å². The van der Waals surface area contributed by atoms with Crippen LogP contribution in [-0.2, 0) is 19.1 Å². The van der Waals surface area contributed by atoms with E-state index in [1.54, 1.807) is 0 Å². The van der Waals surface area contributed by atoms with Crippen LogP contribution in [-0.4, -0.2) is 25.2 Å². The highest BCUT2D eigenvalue weighted by Crippen LogP contribution is 2.15. The number of ether oxygens (including phenoxy) is 2. The molecule has 0 aromatic rings. The zero-order chi connectivity index (χ0) is 32.0. The van der Waals surface area contributed by atoms with Crippen LogP contribution in [0.1, 0.15) is 232 Å². The highest BCUT2D eigenvalue weighted by molar-refractivity contribution is 5.69. The minimum absolute atomic E-state index is 0.00765. The second-order valence-corrected chi connectivity index (χ2v) is 13.5. The lowest BCUT2D eigenvalue weighted by Gasteiger charge is -2.06. The molecule has 0 bridgehead atoms. The fourth-order valence-electron chi connectivity index (χ4n) is 6.00. The maximum atomic E-state index is 11.9. The summed E-state index contributed by atoms with van der Waals surface area (Å²) in [6.07, 6.45) is 42.0. The van der Waals surface area contributed by atoms with Crippen LogP contribution in [0.4, 0.5) is 0 Å². The van der Waals surface area contributed by atoms with E-state index < -0.39 is 0 Å². The molecular weight excluding hydrogens is 544 g/mol. The quantitative estimate of drug-likeness (QED) is 0.0511. The number of esters is 2. The molecule has 0 aliphatic carbocycles. The number of rotatable bonds is 37. The fraction of sp³-hybridized carbons (Fsp3) is 0.950. The Bertz CT molecular complexity index is 526. The molecule has 0 aliphatic heterocycles. The maximum absolute atomic E-state index is 11.9. The Hall–Kier alpha value is -1.06. The van der Waals surface area contributed by atoms with Gasteiger partial charge in [0, 0.05) is 12.8 Å². The number of hydrogen-bond donors (Lipinski definition) is 0. The van der Waals surface area contributed by atoms with Crippen molar-refractivity contribution in [2.24, 2.45) is 0 Å². The van der Waals surface area contributed by atoms with Crippen LogP contribution >= 0.6 is 0 Å². The molecule has 0 spiro atoms. The van der Waals surface area contributed by atoms with E-state index in [1.165, 1.54) is 180 Å². The zero-order valence-electron chi connectivity index (χ0n) is 30.1. The summed E-state index contributed by atoms with van der Waals surface area (Å²) in [5.74, 6) is 0.0153. The van der Waals surface area contributed by atoms with Gasteiger partial charge in [-0.25, -0.2) is 0 Å². The van der Waals surface area contributed by atoms with E-state index >= 15 is 0 Å². The van der Waals surface area contributed by atoms with Gasteiger partial charge in [-0.1, -0.05) is 194 Å². The molecule has 0 N–H and O–H groups in total. The molecule has 0 radical (unpaired) electrons. The van der Waals surface area contributed by atoms with E-state index in [9.17, 15) is 9.59 Å². The van der Waals surface area contributed by atoms with Gasteiger partial charge < -0.3 is 9.47 Å². The second kappa shape index (κ2) is 38.1. The molecule has 0 rings (SSSR count). The summed E-state index contributed by atoms with van der Waals surface area (Å²) in [4.78, 5) is 23.7. The van der Waals surface area contributed by atoms with Gasteiger partial charge in [-0.2, -0.15) is 0 Å². The van der Waals surface area contributed by atoms with Crippen LogP contribution in [0.3, 0.4) is 0 Å². The molecule has 0 fully saturated rings. The van der Waals surface area contributed by atoms with Crippen LogP contribution in [0.5, 0.6) is 0 Å². The van der Waals surface area contributed by atoms with E-state index in [2.05, 4.69) is 13.8 Å². The molecule has 0 amide bonds. The Kier molecular flexibility index (Phi) is 37.2. The summed E-state index contributed by atoms with van der Waals surface area (Å²) < 4.78 is 10.8. The largest absolute Gasteiger partial charge is 0.466 e. The third-order valence-corrected chi connectivity index (χ3v) is 9.03. The van der Waals surface area contributed by atoms with Crippen molar-refractivity contribution in [3.8, 4) is 0 Å². The molecular formula is C40H78O4. The molecule has 4 nitrogen and oxygen atoms in total. The van der Waals surface area contributed by atoms with Gasteiger partial charge in [-0.3, -0.25) is 9.59 Å². The standard InChI is InChI=1S/C40H78O4/c1-3-5-7-9-11-19-23-27-31-35-39(41)43-37-33-29-25-21-17-15-13-14-16-18-22-26-30-34-38-44-40(42)36-32-28-24-20-12-10-8-6-4-2/h3-38H2,1-2H3. The van der Waals surface area contributed by atoms with Gasteiger partial charge in [-0.15, -0.1) is 0 Å². The van der Waals surface area contributed by atoms with Gasteiger partial charge >= 0.3 is 11.9 Å². The minimum Gasteiger partial charge on any atom is -0.466 e. The molecule has 0 aliphatic rings. The molecule has 0 unspecified atom stereocenters. The van der Waals surface area contributed by atoms with E-state index in [1.807, 2.05) is 0 Å². The van der Waals surface area contributed by atoms with Crippen molar-refractivity contribution in [2.75, 3.05) is 13.2 Å². The van der Waals surface area contributed by atoms with Crippen molar-refractivity contribution >= 4 is 11.9 Å². The smallest absolute Gasteiger partial charge is 0.305 e. The number of hydrogen-bond acceptors (Lipinski definition) is 4. The van der Waals surface area contributed by atoms with Gasteiger partial charge in [-0.05, 0) is 25.7 Å². The Balaban J connectivity index is 3.19. The van der Waals surface area contributed by atoms with Crippen molar-refractivity contribution in [3.05, 3.63) is 0 Å². The Morgan fingerprint density at radius 3 is 0.750 bits per heavy atom. The van der Waals surface area contributed by atoms with Crippen LogP contribution < -0.4 is 0 Å². The summed E-state index contributed by atoms with van der Waals surface area (Å²) in [6.45, 7) is 5.74. The predicted molar refractivity (Wildman–Crippen MR) is 190 cm³/mol. The van der Waals surface area contributed by atoms with E-state index in [4.69, 9.17) is 9.47 Å². The summed E-state index contributed by atoms with van der Waals surface area (Å²) in [5.41, 5.74) is 0. The fourth-order valence-corrected chi connectivity index (χ4v) is 6.00. The summed E-state index contributed by atoms with van der Waals surface area (Å²) >= 11 is 0. The first-order valence-corrected chi connectivity index (χ1v) is 20.0. The van der Waals surface area contributed by atoms with Crippen LogP contribution in [0, 0.1) is 0 Å². The molecule has 0 aromatic heterocycles. The summed E-state index contributed by atoms with van der Waals surface area (Å²) in [7, 11) is 0. The van der Waals surface area contributed by atoms with Crippen LogP contribution in [0.15, 0.2) is 0 Å². The van der Waals surface area contributed by atoms with Crippen molar-refractivity contribution in [2.45, 2.75) is 232 Å². The molecule has 0 saturated carbocycles. The molecule has 262 valence electrons. The van der Waals surface area contributed by atoms with E-state index in [0.717, 1.165) is 25.7 Å². The number of carbonyl (C=O) groups excluding carboxylic acids is 2. The SMILES string of the molecule is CCCCCCCCCCCC(=O)OCCCCCCCCCCCCCCCCOC(=O)CCCCCCCCCCC. The van der Waals surface area contributed by atoms with Gasteiger partial charge in [0.15, 0.2) is 0 Å². The van der Waals surface area contributed by atoms with Gasteiger partial charge in [0.05, 0.1) is 13.2 Å². The lowest BCUT2D eigenvalue weighted by Crippen LogP contribution is -2.05. The molecule has 0 heterocycles. The van der Waals surface area contributed by atoms with Crippen molar-refractivity contribution in [3.63, 3.8) is 0 Å². The number of unbranched alkanes of at least 4 members (excludes halogenated alkanes) is 29. The Morgan fingerprint density at radius 2 is 0.500 bits per heavy atom. The third kappa shape index (κ3) is 37.1. The molecule has 4 heteroatoms. The average molecular weight is 623 g/mol. The third-order valence-electron chi connectivity index (χ3n) is 9.03. The molecule has 0 atom stereocenters. The lowest BCUT2D eigenvalue weighted by molar-refractivity contribution is -0.144. The van der Waals surface area contributed by atoms with Gasteiger partial charge in [0.1, 0.15) is 0 Å². The zero-order valence-corrected chi connectivity index (χ0v) is 30.1. The van der Waals surface area contributed by atoms with Crippen molar-refractivity contribution in [1.82, 2.24) is 0 Å². The monoisotopic (exact) mass is 623 g/mol. The first kappa shape index (κ1) is 42.9.